The van der Waals surface area contributed by atoms with Crippen LogP contribution in [0.15, 0.2) is 46.2 Å². The van der Waals surface area contributed by atoms with E-state index in [1.807, 2.05) is 0 Å². The van der Waals surface area contributed by atoms with E-state index in [0.717, 1.165) is 29.5 Å². The van der Waals surface area contributed by atoms with Crippen LogP contribution in [0.4, 0.5) is 24.5 Å². The largest absolute Gasteiger partial charge is 0.416 e. The SMILES string of the molecule is Cc1cccc(Sc2ccc(C(F)(F)F)cc2[N+](=O)[O-])c1N. The van der Waals surface area contributed by atoms with E-state index in [9.17, 15) is 23.3 Å². The first-order chi connectivity index (χ1) is 10.2. The highest BCUT2D eigenvalue weighted by Crippen LogP contribution is 2.41. The Hall–Kier alpha value is -2.22. The Morgan fingerprint density at radius 2 is 1.86 bits per heavy atom. The van der Waals surface area contributed by atoms with Gasteiger partial charge in [0.1, 0.15) is 0 Å². The minimum atomic E-state index is -4.63. The Morgan fingerprint density at radius 1 is 1.18 bits per heavy atom. The lowest BCUT2D eigenvalue weighted by molar-refractivity contribution is -0.388. The lowest BCUT2D eigenvalue weighted by Gasteiger charge is -2.10. The van der Waals surface area contributed by atoms with E-state index in [4.69, 9.17) is 5.73 Å². The zero-order valence-electron chi connectivity index (χ0n) is 11.3. The molecule has 0 spiro atoms. The number of rotatable bonds is 3. The van der Waals surface area contributed by atoms with E-state index in [1.54, 1.807) is 25.1 Å². The molecule has 0 aromatic heterocycles. The number of benzene rings is 2. The van der Waals surface area contributed by atoms with Crippen molar-refractivity contribution in [2.75, 3.05) is 5.73 Å². The summed E-state index contributed by atoms with van der Waals surface area (Å²) in [5.41, 5.74) is 5.47. The van der Waals surface area contributed by atoms with Gasteiger partial charge in [0, 0.05) is 16.6 Å². The van der Waals surface area contributed by atoms with Gasteiger partial charge in [0.2, 0.25) is 0 Å². The second-order valence-corrected chi connectivity index (χ2v) is 5.61. The summed E-state index contributed by atoms with van der Waals surface area (Å²) in [4.78, 5) is 10.9. The van der Waals surface area contributed by atoms with Crippen LogP contribution in [0, 0.1) is 17.0 Å². The van der Waals surface area contributed by atoms with Gasteiger partial charge in [-0.1, -0.05) is 23.9 Å². The number of nitro groups is 1. The minimum absolute atomic E-state index is 0.107. The van der Waals surface area contributed by atoms with E-state index in [2.05, 4.69) is 0 Å². The third kappa shape index (κ3) is 3.33. The quantitative estimate of drug-likeness (QED) is 0.505. The number of nitrogen functional groups attached to an aromatic ring is 1. The molecule has 0 radical (unpaired) electrons. The molecular weight excluding hydrogens is 317 g/mol. The molecule has 0 heterocycles. The molecule has 0 aliphatic heterocycles. The number of alkyl halides is 3. The van der Waals surface area contributed by atoms with Crippen molar-refractivity contribution in [3.63, 3.8) is 0 Å². The zero-order chi connectivity index (χ0) is 16.5. The van der Waals surface area contributed by atoms with Gasteiger partial charge in [0.05, 0.1) is 15.4 Å². The molecule has 8 heteroatoms. The van der Waals surface area contributed by atoms with E-state index in [-0.39, 0.29) is 4.90 Å². The molecule has 2 aromatic carbocycles. The highest BCUT2D eigenvalue weighted by Gasteiger charge is 2.33. The van der Waals surface area contributed by atoms with Crippen LogP contribution in [0.2, 0.25) is 0 Å². The number of nitrogens with zero attached hydrogens (tertiary/aromatic N) is 1. The predicted octanol–water partition coefficient (Wildman–Crippen LogP) is 4.66. The number of nitro benzene ring substituents is 1. The van der Waals surface area contributed by atoms with Crippen molar-refractivity contribution in [3.8, 4) is 0 Å². The van der Waals surface area contributed by atoms with Gasteiger partial charge in [-0.2, -0.15) is 13.2 Å². The first-order valence-electron chi connectivity index (χ1n) is 6.08. The Balaban J connectivity index is 2.47. The second kappa shape index (κ2) is 5.88. The van der Waals surface area contributed by atoms with Gasteiger partial charge in [-0.25, -0.2) is 0 Å². The first-order valence-corrected chi connectivity index (χ1v) is 6.90. The van der Waals surface area contributed by atoms with E-state index < -0.39 is 22.4 Å². The standard InChI is InChI=1S/C14H11F3N2O2S/c1-8-3-2-4-12(13(8)18)22-11-6-5-9(14(15,16)17)7-10(11)19(20)21/h2-7H,18H2,1H3. The van der Waals surface area contributed by atoms with Crippen LogP contribution in [-0.2, 0) is 6.18 Å². The lowest BCUT2D eigenvalue weighted by Crippen LogP contribution is -2.06. The molecule has 0 fully saturated rings. The van der Waals surface area contributed by atoms with E-state index in [0.29, 0.717) is 16.6 Å². The van der Waals surface area contributed by atoms with Gasteiger partial charge in [-0.3, -0.25) is 10.1 Å². The highest BCUT2D eigenvalue weighted by molar-refractivity contribution is 7.99. The number of aryl methyl sites for hydroxylation is 1. The van der Waals surface area contributed by atoms with Crippen LogP contribution in [0.25, 0.3) is 0 Å². The maximum absolute atomic E-state index is 12.7. The van der Waals surface area contributed by atoms with E-state index >= 15 is 0 Å². The molecule has 0 aliphatic carbocycles. The lowest BCUT2D eigenvalue weighted by atomic mass is 10.2. The summed E-state index contributed by atoms with van der Waals surface area (Å²) in [5, 5.41) is 11.0. The number of halogens is 3. The van der Waals surface area contributed by atoms with Crippen molar-refractivity contribution in [2.24, 2.45) is 0 Å². The number of hydrogen-bond acceptors (Lipinski definition) is 4. The average molecular weight is 328 g/mol. The number of hydrogen-bond donors (Lipinski definition) is 1. The van der Waals surface area contributed by atoms with E-state index in [1.165, 1.54) is 0 Å². The van der Waals surface area contributed by atoms with Crippen LogP contribution in [-0.4, -0.2) is 4.92 Å². The van der Waals surface area contributed by atoms with Crippen LogP contribution < -0.4 is 5.73 Å². The topological polar surface area (TPSA) is 69.2 Å². The summed E-state index contributed by atoms with van der Waals surface area (Å²) in [6.45, 7) is 1.78. The second-order valence-electron chi connectivity index (χ2n) is 4.53. The van der Waals surface area contributed by atoms with Crippen LogP contribution >= 0.6 is 11.8 Å². The van der Waals surface area contributed by atoms with Gasteiger partial charge in [0.15, 0.2) is 0 Å². The Kier molecular flexibility index (Phi) is 4.32. The Morgan fingerprint density at radius 3 is 2.45 bits per heavy atom. The molecular formula is C14H11F3N2O2S. The summed E-state index contributed by atoms with van der Waals surface area (Å²) < 4.78 is 38.0. The predicted molar refractivity (Wildman–Crippen MR) is 77.8 cm³/mol. The van der Waals surface area contributed by atoms with Crippen molar-refractivity contribution in [2.45, 2.75) is 22.9 Å². The molecule has 22 heavy (non-hydrogen) atoms. The summed E-state index contributed by atoms with van der Waals surface area (Å²) in [6, 6.07) is 7.61. The minimum Gasteiger partial charge on any atom is -0.398 e. The van der Waals surface area contributed by atoms with Gasteiger partial charge >= 0.3 is 6.18 Å². The van der Waals surface area contributed by atoms with Gasteiger partial charge in [-0.05, 0) is 30.7 Å². The smallest absolute Gasteiger partial charge is 0.398 e. The zero-order valence-corrected chi connectivity index (χ0v) is 12.2. The number of nitrogens with two attached hydrogens (primary N) is 1. The van der Waals surface area contributed by atoms with Crippen molar-refractivity contribution >= 4 is 23.1 Å². The van der Waals surface area contributed by atoms with Crippen LogP contribution in [0.5, 0.6) is 0 Å². The van der Waals surface area contributed by atoms with Gasteiger partial charge < -0.3 is 5.73 Å². The fraction of sp³-hybridized carbons (Fsp3) is 0.143. The normalized spacial score (nSPS) is 11.5. The molecule has 0 atom stereocenters. The van der Waals surface area contributed by atoms with Crippen molar-refractivity contribution in [3.05, 3.63) is 57.6 Å². The number of anilines is 1. The monoisotopic (exact) mass is 328 g/mol. The highest BCUT2D eigenvalue weighted by atomic mass is 32.2. The molecule has 0 aliphatic rings. The summed E-state index contributed by atoms with van der Waals surface area (Å²) in [6.07, 6.45) is -4.63. The molecule has 0 bridgehead atoms. The molecule has 2 rings (SSSR count). The summed E-state index contributed by atoms with van der Waals surface area (Å²) >= 11 is 0.969. The molecule has 0 amide bonds. The molecule has 0 saturated heterocycles. The van der Waals surface area contributed by atoms with Gasteiger partial charge in [0.25, 0.3) is 5.69 Å². The average Bonchev–Trinajstić information content (AvgIpc) is 2.43. The fourth-order valence-corrected chi connectivity index (χ4v) is 2.81. The molecule has 2 aromatic rings. The third-order valence-corrected chi connectivity index (χ3v) is 4.13. The molecule has 0 unspecified atom stereocenters. The Labute approximate surface area is 128 Å². The van der Waals surface area contributed by atoms with Gasteiger partial charge in [-0.15, -0.1) is 0 Å². The molecule has 0 saturated carbocycles. The maximum Gasteiger partial charge on any atom is 0.416 e. The fourth-order valence-electron chi connectivity index (χ4n) is 1.78. The first kappa shape index (κ1) is 16.2. The van der Waals surface area contributed by atoms with Crippen molar-refractivity contribution in [1.82, 2.24) is 0 Å². The summed E-state index contributed by atoms with van der Waals surface area (Å²) in [5.74, 6) is 0. The maximum atomic E-state index is 12.7. The van der Waals surface area contributed by atoms with Crippen LogP contribution in [0.1, 0.15) is 11.1 Å². The van der Waals surface area contributed by atoms with Crippen LogP contribution in [0.3, 0.4) is 0 Å². The third-order valence-electron chi connectivity index (χ3n) is 2.99. The van der Waals surface area contributed by atoms with Crippen molar-refractivity contribution < 1.29 is 18.1 Å². The molecule has 2 N–H and O–H groups in total. The molecule has 116 valence electrons. The Bertz CT molecular complexity index is 733. The summed E-state index contributed by atoms with van der Waals surface area (Å²) in [7, 11) is 0. The van der Waals surface area contributed by atoms with Crippen molar-refractivity contribution in [1.29, 1.82) is 0 Å². The molecule has 4 nitrogen and oxygen atoms in total. The number of para-hydroxylation sites is 1.